The number of hydrogen-bond acceptors (Lipinski definition) is 4. The van der Waals surface area contributed by atoms with Crippen molar-refractivity contribution in [1.82, 2.24) is 15.3 Å². The van der Waals surface area contributed by atoms with Crippen molar-refractivity contribution in [2.45, 2.75) is 33.6 Å². The number of nitrogens with zero attached hydrogens (tertiary/aromatic N) is 2. The van der Waals surface area contributed by atoms with Crippen molar-refractivity contribution in [2.24, 2.45) is 0 Å². The molecule has 0 atom stereocenters. The van der Waals surface area contributed by atoms with Crippen LogP contribution in [0.1, 0.15) is 41.6 Å². The van der Waals surface area contributed by atoms with Gasteiger partial charge in [-0.25, -0.2) is 9.97 Å². The molecule has 0 saturated heterocycles. The van der Waals surface area contributed by atoms with Gasteiger partial charge in [0.15, 0.2) is 0 Å². The van der Waals surface area contributed by atoms with Crippen LogP contribution >= 0.6 is 11.6 Å². The molecule has 0 aliphatic carbocycles. The number of halogens is 1. The summed E-state index contributed by atoms with van der Waals surface area (Å²) in [4.78, 5) is 20.7. The van der Waals surface area contributed by atoms with E-state index in [1.165, 1.54) is 0 Å². The molecule has 0 fully saturated rings. The lowest BCUT2D eigenvalue weighted by Crippen LogP contribution is -2.25. The Labute approximate surface area is 141 Å². The van der Waals surface area contributed by atoms with E-state index < -0.39 is 0 Å². The van der Waals surface area contributed by atoms with Crippen LogP contribution in [0.25, 0.3) is 0 Å². The van der Waals surface area contributed by atoms with E-state index in [0.717, 1.165) is 24.1 Å². The van der Waals surface area contributed by atoms with Gasteiger partial charge >= 0.3 is 0 Å². The Kier molecular flexibility index (Phi) is 5.93. The molecule has 5 nitrogen and oxygen atoms in total. The largest absolute Gasteiger partial charge is 0.351 e. The Balaban J connectivity index is 2.18. The summed E-state index contributed by atoms with van der Waals surface area (Å²) in [6, 6.07) is 7.22. The normalized spacial score (nSPS) is 10.4. The third kappa shape index (κ3) is 4.93. The first-order valence-electron chi connectivity index (χ1n) is 7.66. The molecule has 122 valence electrons. The van der Waals surface area contributed by atoms with E-state index in [4.69, 9.17) is 11.6 Å². The Bertz CT molecular complexity index is 703. The fraction of sp³-hybridized carbons (Fsp3) is 0.353. The third-order valence-corrected chi connectivity index (χ3v) is 3.57. The van der Waals surface area contributed by atoms with Gasteiger partial charge in [-0.3, -0.25) is 4.79 Å². The average Bonchev–Trinajstić information content (AvgIpc) is 2.50. The van der Waals surface area contributed by atoms with Crippen molar-refractivity contribution in [1.29, 1.82) is 0 Å². The summed E-state index contributed by atoms with van der Waals surface area (Å²) in [5.74, 6) is 0.950. The number of benzene rings is 1. The van der Waals surface area contributed by atoms with Crippen LogP contribution in [0, 0.1) is 13.8 Å². The number of aryl methyl sites for hydroxylation is 2. The van der Waals surface area contributed by atoms with E-state index in [1.54, 1.807) is 13.0 Å². The van der Waals surface area contributed by atoms with E-state index in [9.17, 15) is 4.79 Å². The highest BCUT2D eigenvalue weighted by Crippen LogP contribution is 2.23. The van der Waals surface area contributed by atoms with E-state index in [0.29, 0.717) is 28.9 Å². The topological polar surface area (TPSA) is 66.9 Å². The standard InChI is InChI=1S/C17H21ClN4O/c1-4-5-8-19-17(23)15-10-16(21-12(3)20-15)22-14-7-6-13(18)9-11(14)2/h6-7,9-10H,4-5,8H2,1-3H3,(H,19,23)(H,20,21,22). The third-order valence-electron chi connectivity index (χ3n) is 3.34. The van der Waals surface area contributed by atoms with E-state index in [-0.39, 0.29) is 5.91 Å². The SMILES string of the molecule is CCCCNC(=O)c1cc(Nc2ccc(Cl)cc2C)nc(C)n1. The van der Waals surface area contributed by atoms with Crippen LogP contribution < -0.4 is 10.6 Å². The molecule has 23 heavy (non-hydrogen) atoms. The molecule has 0 bridgehead atoms. The summed E-state index contributed by atoms with van der Waals surface area (Å²) in [6.07, 6.45) is 1.98. The first-order valence-corrected chi connectivity index (χ1v) is 8.04. The fourth-order valence-electron chi connectivity index (χ4n) is 2.12. The van der Waals surface area contributed by atoms with Crippen LogP contribution in [0.4, 0.5) is 11.5 Å². The number of amides is 1. The predicted octanol–water partition coefficient (Wildman–Crippen LogP) is 4.02. The van der Waals surface area contributed by atoms with E-state index >= 15 is 0 Å². The molecule has 0 aliphatic rings. The number of rotatable bonds is 6. The lowest BCUT2D eigenvalue weighted by Gasteiger charge is -2.11. The minimum Gasteiger partial charge on any atom is -0.351 e. The van der Waals surface area contributed by atoms with Crippen molar-refractivity contribution in [3.63, 3.8) is 0 Å². The summed E-state index contributed by atoms with van der Waals surface area (Å²) in [5.41, 5.74) is 2.26. The Hall–Kier alpha value is -2.14. The lowest BCUT2D eigenvalue weighted by molar-refractivity contribution is 0.0948. The van der Waals surface area contributed by atoms with Crippen molar-refractivity contribution in [3.05, 3.63) is 46.4 Å². The Morgan fingerprint density at radius 3 is 2.70 bits per heavy atom. The number of carbonyl (C=O) groups excluding carboxylic acids is 1. The second-order valence-corrected chi connectivity index (χ2v) is 5.82. The first-order chi connectivity index (χ1) is 11.0. The maximum Gasteiger partial charge on any atom is 0.270 e. The van der Waals surface area contributed by atoms with Gasteiger partial charge in [0.05, 0.1) is 0 Å². The molecular weight excluding hydrogens is 312 g/mol. The van der Waals surface area contributed by atoms with Crippen LogP contribution in [0.2, 0.25) is 5.02 Å². The molecule has 2 rings (SSSR count). The zero-order valence-electron chi connectivity index (χ0n) is 13.6. The lowest BCUT2D eigenvalue weighted by atomic mass is 10.2. The van der Waals surface area contributed by atoms with Crippen LogP contribution in [-0.4, -0.2) is 22.4 Å². The molecule has 0 unspecified atom stereocenters. The Morgan fingerprint density at radius 2 is 2.00 bits per heavy atom. The minimum atomic E-state index is -0.181. The summed E-state index contributed by atoms with van der Waals surface area (Å²) >= 11 is 5.97. The minimum absolute atomic E-state index is 0.181. The van der Waals surface area contributed by atoms with Gasteiger partial charge in [-0.1, -0.05) is 24.9 Å². The average molecular weight is 333 g/mol. The molecule has 1 amide bonds. The molecule has 0 saturated carbocycles. The predicted molar refractivity (Wildman–Crippen MR) is 93.5 cm³/mol. The van der Waals surface area contributed by atoms with Crippen molar-refractivity contribution >= 4 is 29.0 Å². The van der Waals surface area contributed by atoms with Gasteiger partial charge in [-0.05, 0) is 44.0 Å². The van der Waals surface area contributed by atoms with Crippen molar-refractivity contribution < 1.29 is 4.79 Å². The Morgan fingerprint density at radius 1 is 1.22 bits per heavy atom. The highest BCUT2D eigenvalue weighted by atomic mass is 35.5. The summed E-state index contributed by atoms with van der Waals surface area (Å²) in [7, 11) is 0. The number of hydrogen-bond donors (Lipinski definition) is 2. The highest BCUT2D eigenvalue weighted by Gasteiger charge is 2.10. The van der Waals surface area contributed by atoms with Gasteiger partial charge in [0.1, 0.15) is 17.3 Å². The van der Waals surface area contributed by atoms with E-state index in [2.05, 4.69) is 27.5 Å². The molecular formula is C17H21ClN4O. The second-order valence-electron chi connectivity index (χ2n) is 5.38. The maximum atomic E-state index is 12.1. The van der Waals surface area contributed by atoms with Gasteiger partial charge in [-0.2, -0.15) is 0 Å². The smallest absolute Gasteiger partial charge is 0.270 e. The molecule has 1 heterocycles. The molecule has 0 aliphatic heterocycles. The number of aromatic nitrogens is 2. The first kappa shape index (κ1) is 17.2. The molecule has 0 spiro atoms. The van der Waals surface area contributed by atoms with Gasteiger partial charge < -0.3 is 10.6 Å². The van der Waals surface area contributed by atoms with Gasteiger partial charge in [0, 0.05) is 23.3 Å². The maximum absolute atomic E-state index is 12.1. The molecule has 1 aromatic heterocycles. The highest BCUT2D eigenvalue weighted by molar-refractivity contribution is 6.30. The summed E-state index contributed by atoms with van der Waals surface area (Å²) < 4.78 is 0. The van der Waals surface area contributed by atoms with Gasteiger partial charge in [0.25, 0.3) is 5.91 Å². The monoisotopic (exact) mass is 332 g/mol. The van der Waals surface area contributed by atoms with E-state index in [1.807, 2.05) is 25.1 Å². The molecule has 1 aromatic carbocycles. The number of anilines is 2. The van der Waals surface area contributed by atoms with Crippen LogP contribution in [0.15, 0.2) is 24.3 Å². The van der Waals surface area contributed by atoms with Crippen LogP contribution in [-0.2, 0) is 0 Å². The number of carbonyl (C=O) groups is 1. The number of unbranched alkanes of at least 4 members (excludes halogenated alkanes) is 1. The molecule has 2 aromatic rings. The summed E-state index contributed by atoms with van der Waals surface area (Å²) in [5, 5.41) is 6.76. The molecule has 0 radical (unpaired) electrons. The zero-order chi connectivity index (χ0) is 16.8. The van der Waals surface area contributed by atoms with Crippen molar-refractivity contribution in [3.8, 4) is 0 Å². The summed E-state index contributed by atoms with van der Waals surface area (Å²) in [6.45, 7) is 6.46. The van der Waals surface area contributed by atoms with Crippen LogP contribution in [0.3, 0.4) is 0 Å². The molecule has 6 heteroatoms. The molecule has 2 N–H and O–H groups in total. The number of nitrogens with one attached hydrogen (secondary N) is 2. The fourth-order valence-corrected chi connectivity index (χ4v) is 2.35. The zero-order valence-corrected chi connectivity index (χ0v) is 14.4. The van der Waals surface area contributed by atoms with Gasteiger partial charge in [-0.15, -0.1) is 0 Å². The van der Waals surface area contributed by atoms with Gasteiger partial charge in [0.2, 0.25) is 0 Å². The van der Waals surface area contributed by atoms with Crippen molar-refractivity contribution in [2.75, 3.05) is 11.9 Å². The van der Waals surface area contributed by atoms with Crippen LogP contribution in [0.5, 0.6) is 0 Å². The second kappa shape index (κ2) is 7.92. The quantitative estimate of drug-likeness (QED) is 0.784.